The minimum Gasteiger partial charge on any atom is -0.478 e. The number of aromatic carboxylic acids is 1. The van der Waals surface area contributed by atoms with E-state index in [1.165, 1.54) is 0 Å². The van der Waals surface area contributed by atoms with E-state index in [9.17, 15) is 17.6 Å². The van der Waals surface area contributed by atoms with E-state index in [1.807, 2.05) is 6.92 Å². The maximum Gasteiger partial charge on any atom is 0.338 e. The summed E-state index contributed by atoms with van der Waals surface area (Å²) in [7, 11) is -4.15. The van der Waals surface area contributed by atoms with Crippen molar-refractivity contribution < 1.29 is 22.7 Å². The monoisotopic (exact) mass is 335 g/mol. The molecule has 2 unspecified atom stereocenters. The molecule has 5 nitrogen and oxygen atoms in total. The number of benzene rings is 1. The van der Waals surface area contributed by atoms with Crippen LogP contribution >= 0.6 is 11.6 Å². The van der Waals surface area contributed by atoms with Gasteiger partial charge in [-0.25, -0.2) is 22.3 Å². The molecule has 2 rings (SSSR count). The van der Waals surface area contributed by atoms with E-state index < -0.39 is 32.3 Å². The van der Waals surface area contributed by atoms with Crippen LogP contribution in [-0.4, -0.2) is 25.5 Å². The number of nitrogens with one attached hydrogen (secondary N) is 1. The Morgan fingerprint density at radius 3 is 2.62 bits per heavy atom. The van der Waals surface area contributed by atoms with E-state index in [-0.39, 0.29) is 11.1 Å². The molecule has 1 aliphatic carbocycles. The fourth-order valence-corrected chi connectivity index (χ4v) is 4.20. The predicted molar refractivity (Wildman–Crippen MR) is 75.5 cm³/mol. The molecule has 1 aliphatic rings. The first-order valence-corrected chi connectivity index (χ1v) is 8.31. The SMILES string of the molecule is CC1CCC(NS(=O)(=O)c2cc(Cl)cc(C(=O)O)c2F)C1. The minimum absolute atomic E-state index is 0.144. The summed E-state index contributed by atoms with van der Waals surface area (Å²) in [6.45, 7) is 2.01. The molecule has 116 valence electrons. The van der Waals surface area contributed by atoms with Crippen LogP contribution in [0.1, 0.15) is 36.5 Å². The smallest absolute Gasteiger partial charge is 0.338 e. The molecular formula is C13H15ClFNO4S. The van der Waals surface area contributed by atoms with Crippen LogP contribution in [0.4, 0.5) is 4.39 Å². The third-order valence-corrected chi connectivity index (χ3v) is 5.28. The molecule has 1 aromatic rings. The Bertz CT molecular complexity index is 677. The molecule has 2 N–H and O–H groups in total. The zero-order valence-electron chi connectivity index (χ0n) is 11.3. The van der Waals surface area contributed by atoms with Gasteiger partial charge in [0.15, 0.2) is 5.82 Å². The highest BCUT2D eigenvalue weighted by Crippen LogP contribution is 2.28. The van der Waals surface area contributed by atoms with Crippen LogP contribution in [0, 0.1) is 11.7 Å². The molecule has 8 heteroatoms. The van der Waals surface area contributed by atoms with E-state index in [0.29, 0.717) is 18.8 Å². The lowest BCUT2D eigenvalue weighted by molar-refractivity contribution is 0.0691. The van der Waals surface area contributed by atoms with Crippen molar-refractivity contribution in [3.05, 3.63) is 28.5 Å². The summed E-state index contributed by atoms with van der Waals surface area (Å²) in [5, 5.41) is 8.74. The van der Waals surface area contributed by atoms with E-state index in [4.69, 9.17) is 16.7 Å². The number of hydrogen-bond donors (Lipinski definition) is 2. The normalized spacial score (nSPS) is 22.4. The summed E-state index contributed by atoms with van der Waals surface area (Å²) in [6, 6.07) is 1.54. The van der Waals surface area contributed by atoms with Crippen molar-refractivity contribution in [1.82, 2.24) is 4.72 Å². The number of carboxylic acids is 1. The first kappa shape index (κ1) is 16.2. The topological polar surface area (TPSA) is 83.5 Å². The van der Waals surface area contributed by atoms with E-state index >= 15 is 0 Å². The number of carbonyl (C=O) groups is 1. The molecule has 1 saturated carbocycles. The molecule has 21 heavy (non-hydrogen) atoms. The van der Waals surface area contributed by atoms with Gasteiger partial charge >= 0.3 is 5.97 Å². The maximum atomic E-state index is 14.1. The third kappa shape index (κ3) is 3.53. The van der Waals surface area contributed by atoms with Gasteiger partial charge in [-0.15, -0.1) is 0 Å². The fraction of sp³-hybridized carbons (Fsp3) is 0.462. The van der Waals surface area contributed by atoms with Gasteiger partial charge in [0.1, 0.15) is 4.90 Å². The summed E-state index contributed by atoms with van der Waals surface area (Å²) in [5.41, 5.74) is -0.761. The molecular weight excluding hydrogens is 321 g/mol. The average molecular weight is 336 g/mol. The number of hydrogen-bond acceptors (Lipinski definition) is 3. The molecule has 0 spiro atoms. The van der Waals surface area contributed by atoms with Gasteiger partial charge in [-0.2, -0.15) is 0 Å². The second-order valence-electron chi connectivity index (χ2n) is 5.31. The van der Waals surface area contributed by atoms with Gasteiger partial charge in [-0.1, -0.05) is 18.5 Å². The summed E-state index contributed by atoms with van der Waals surface area (Å²) >= 11 is 5.69. The number of rotatable bonds is 4. The number of carboxylic acid groups (broad SMARTS) is 1. The molecule has 1 fully saturated rings. The Labute approximate surface area is 127 Å². The van der Waals surface area contributed by atoms with E-state index in [2.05, 4.69) is 4.72 Å². The van der Waals surface area contributed by atoms with E-state index in [0.717, 1.165) is 18.6 Å². The molecule has 0 heterocycles. The van der Waals surface area contributed by atoms with Crippen molar-refractivity contribution in [2.75, 3.05) is 0 Å². The Morgan fingerprint density at radius 2 is 2.10 bits per heavy atom. The Kier molecular flexibility index (Phi) is 4.55. The second kappa shape index (κ2) is 5.90. The van der Waals surface area contributed by atoms with Gasteiger partial charge in [0.05, 0.1) is 5.56 Å². The van der Waals surface area contributed by atoms with Crippen molar-refractivity contribution >= 4 is 27.6 Å². The van der Waals surface area contributed by atoms with Gasteiger partial charge < -0.3 is 5.11 Å². The van der Waals surface area contributed by atoms with Crippen LogP contribution in [0.2, 0.25) is 5.02 Å². The summed E-state index contributed by atoms with van der Waals surface area (Å²) < 4.78 is 41.0. The van der Waals surface area contributed by atoms with Crippen LogP contribution in [0.3, 0.4) is 0 Å². The molecule has 0 bridgehead atoms. The lowest BCUT2D eigenvalue weighted by Gasteiger charge is -2.14. The largest absolute Gasteiger partial charge is 0.478 e. The predicted octanol–water partition coefficient (Wildman–Crippen LogP) is 2.64. The Hall–Kier alpha value is -1.18. The third-order valence-electron chi connectivity index (χ3n) is 3.54. The molecule has 0 aliphatic heterocycles. The van der Waals surface area contributed by atoms with E-state index in [1.54, 1.807) is 0 Å². The lowest BCUT2D eigenvalue weighted by atomic mass is 10.1. The Morgan fingerprint density at radius 1 is 1.43 bits per heavy atom. The van der Waals surface area contributed by atoms with Crippen LogP contribution in [0.25, 0.3) is 0 Å². The lowest BCUT2D eigenvalue weighted by Crippen LogP contribution is -2.33. The molecule has 0 saturated heterocycles. The quantitative estimate of drug-likeness (QED) is 0.886. The summed E-state index contributed by atoms with van der Waals surface area (Å²) in [6.07, 6.45) is 2.24. The first-order chi connectivity index (χ1) is 9.70. The van der Waals surface area contributed by atoms with Crippen molar-refractivity contribution in [1.29, 1.82) is 0 Å². The van der Waals surface area contributed by atoms with Crippen molar-refractivity contribution in [2.24, 2.45) is 5.92 Å². The zero-order chi connectivity index (χ0) is 15.8. The summed E-state index contributed by atoms with van der Waals surface area (Å²) in [4.78, 5) is 10.2. The average Bonchev–Trinajstić information content (AvgIpc) is 2.76. The zero-order valence-corrected chi connectivity index (χ0v) is 12.8. The summed E-state index contributed by atoms with van der Waals surface area (Å²) in [5.74, 6) is -2.47. The van der Waals surface area contributed by atoms with Gasteiger partial charge in [0, 0.05) is 11.1 Å². The highest BCUT2D eigenvalue weighted by molar-refractivity contribution is 7.89. The molecule has 0 amide bonds. The first-order valence-electron chi connectivity index (χ1n) is 6.45. The second-order valence-corrected chi connectivity index (χ2v) is 7.43. The standard InChI is InChI=1S/C13H15ClFNO4S/c1-7-2-3-9(4-7)16-21(19,20)11-6-8(14)5-10(12(11)15)13(17)18/h5-7,9,16H,2-4H2,1H3,(H,17,18). The van der Waals surface area contributed by atoms with Gasteiger partial charge in [0.2, 0.25) is 10.0 Å². The number of sulfonamides is 1. The minimum atomic E-state index is -4.15. The Balaban J connectivity index is 2.38. The van der Waals surface area contributed by atoms with Crippen LogP contribution in [0.15, 0.2) is 17.0 Å². The van der Waals surface area contributed by atoms with Crippen molar-refractivity contribution in [2.45, 2.75) is 37.1 Å². The molecule has 0 radical (unpaired) electrons. The van der Waals surface area contributed by atoms with Crippen molar-refractivity contribution in [3.63, 3.8) is 0 Å². The van der Waals surface area contributed by atoms with Crippen LogP contribution in [-0.2, 0) is 10.0 Å². The highest BCUT2D eigenvalue weighted by atomic mass is 35.5. The highest BCUT2D eigenvalue weighted by Gasteiger charge is 2.30. The van der Waals surface area contributed by atoms with Gasteiger partial charge in [0.25, 0.3) is 0 Å². The molecule has 1 aromatic carbocycles. The number of halogens is 2. The van der Waals surface area contributed by atoms with Gasteiger partial charge in [-0.3, -0.25) is 0 Å². The molecule has 2 atom stereocenters. The molecule has 0 aromatic heterocycles. The fourth-order valence-electron chi connectivity index (χ4n) is 2.51. The van der Waals surface area contributed by atoms with Crippen LogP contribution < -0.4 is 4.72 Å². The van der Waals surface area contributed by atoms with Crippen molar-refractivity contribution in [3.8, 4) is 0 Å². The maximum absolute atomic E-state index is 14.1. The van der Waals surface area contributed by atoms with Gasteiger partial charge in [-0.05, 0) is 37.3 Å². The van der Waals surface area contributed by atoms with Crippen LogP contribution in [0.5, 0.6) is 0 Å².